The number of rotatable bonds is 5. The molecule has 4 nitrogen and oxygen atoms in total. The first-order valence-corrected chi connectivity index (χ1v) is 7.29. The van der Waals surface area contributed by atoms with Gasteiger partial charge < -0.3 is 4.74 Å². The molecule has 21 heavy (non-hydrogen) atoms. The Bertz CT molecular complexity index is 749. The maximum atomic E-state index is 5.25. The average Bonchev–Trinajstić information content (AvgIpc) is 3.00. The molecule has 0 amide bonds. The van der Waals surface area contributed by atoms with E-state index in [-0.39, 0.29) is 0 Å². The van der Waals surface area contributed by atoms with Crippen LogP contribution in [0.2, 0.25) is 0 Å². The summed E-state index contributed by atoms with van der Waals surface area (Å²) in [6.45, 7) is 2.18. The lowest BCUT2D eigenvalue weighted by molar-refractivity contribution is 0.415. The third-order valence-corrected chi connectivity index (χ3v) is 3.62. The molecule has 0 fully saturated rings. The van der Waals surface area contributed by atoms with Gasteiger partial charge in [0.1, 0.15) is 5.75 Å². The number of hydrogen-bond acceptors (Lipinski definition) is 3. The van der Waals surface area contributed by atoms with E-state index in [1.165, 1.54) is 11.8 Å². The fourth-order valence-electron chi connectivity index (χ4n) is 2.38. The highest BCUT2D eigenvalue weighted by Crippen LogP contribution is 2.23. The topological polar surface area (TPSA) is 39.9 Å². The monoisotopic (exact) mass is 281 g/mol. The lowest BCUT2D eigenvalue weighted by atomic mass is 10.1. The van der Waals surface area contributed by atoms with Crippen molar-refractivity contribution in [2.24, 2.45) is 0 Å². The predicted molar refractivity (Wildman–Crippen MR) is 84.0 cm³/mol. The quantitative estimate of drug-likeness (QED) is 0.714. The first kappa shape index (κ1) is 13.6. The van der Waals surface area contributed by atoms with Crippen LogP contribution in [0.3, 0.4) is 0 Å². The Labute approximate surface area is 124 Å². The molecule has 0 aliphatic carbocycles. The van der Waals surface area contributed by atoms with Crippen LogP contribution in [0.1, 0.15) is 25.5 Å². The lowest BCUT2D eigenvalue weighted by Gasteiger charge is -2.05. The minimum Gasteiger partial charge on any atom is -0.497 e. The molecule has 0 atom stereocenters. The molecule has 0 aliphatic rings. The second kappa shape index (κ2) is 5.95. The Morgan fingerprint density at radius 2 is 1.90 bits per heavy atom. The van der Waals surface area contributed by atoms with Crippen LogP contribution in [0.5, 0.6) is 5.75 Å². The molecule has 3 aromatic rings. The number of fused-ring (bicyclic) bond motifs is 1. The predicted octanol–water partition coefficient (Wildman–Crippen LogP) is 3.77. The lowest BCUT2D eigenvalue weighted by Crippen LogP contribution is -1.94. The summed E-state index contributed by atoms with van der Waals surface area (Å²) in [4.78, 5) is 0. The van der Waals surface area contributed by atoms with Crippen LogP contribution in [0.15, 0.2) is 42.6 Å². The van der Waals surface area contributed by atoms with Crippen molar-refractivity contribution in [3.8, 4) is 11.4 Å². The van der Waals surface area contributed by atoms with Gasteiger partial charge in [-0.25, -0.2) is 4.68 Å². The van der Waals surface area contributed by atoms with Gasteiger partial charge in [0.25, 0.3) is 0 Å². The van der Waals surface area contributed by atoms with Gasteiger partial charge in [-0.15, -0.1) is 5.10 Å². The fraction of sp³-hybridized carbons (Fsp3) is 0.294. The fourth-order valence-corrected chi connectivity index (χ4v) is 2.38. The van der Waals surface area contributed by atoms with Gasteiger partial charge in [0.2, 0.25) is 0 Å². The molecule has 4 heteroatoms. The zero-order chi connectivity index (χ0) is 14.7. The highest BCUT2D eigenvalue weighted by atomic mass is 16.5. The van der Waals surface area contributed by atoms with E-state index < -0.39 is 0 Å². The number of nitrogens with zero attached hydrogens (tertiary/aromatic N) is 3. The van der Waals surface area contributed by atoms with Gasteiger partial charge >= 0.3 is 0 Å². The normalized spacial score (nSPS) is 11.0. The Morgan fingerprint density at radius 1 is 1.10 bits per heavy atom. The Balaban J connectivity index is 1.91. The van der Waals surface area contributed by atoms with Crippen LogP contribution in [0.4, 0.5) is 0 Å². The van der Waals surface area contributed by atoms with Gasteiger partial charge in [-0.3, -0.25) is 0 Å². The number of aryl methyl sites for hydroxylation is 1. The highest BCUT2D eigenvalue weighted by molar-refractivity contribution is 5.85. The van der Waals surface area contributed by atoms with Gasteiger partial charge in [-0.05, 0) is 47.9 Å². The Morgan fingerprint density at radius 3 is 2.71 bits per heavy atom. The average molecular weight is 281 g/mol. The molecule has 0 spiro atoms. The molecular weight excluding hydrogens is 262 g/mol. The number of unbranched alkanes of at least 4 members (excludes halogenated alkanes) is 1. The third kappa shape index (κ3) is 2.89. The van der Waals surface area contributed by atoms with E-state index in [0.29, 0.717) is 0 Å². The van der Waals surface area contributed by atoms with Gasteiger partial charge in [0, 0.05) is 0 Å². The van der Waals surface area contributed by atoms with Gasteiger partial charge in [0.15, 0.2) is 0 Å². The molecule has 0 saturated heterocycles. The zero-order valence-corrected chi connectivity index (χ0v) is 12.4. The van der Waals surface area contributed by atoms with E-state index in [4.69, 9.17) is 4.74 Å². The first-order valence-electron chi connectivity index (χ1n) is 7.29. The summed E-state index contributed by atoms with van der Waals surface area (Å²) in [5.41, 5.74) is 2.08. The maximum absolute atomic E-state index is 5.25. The van der Waals surface area contributed by atoms with Crippen molar-refractivity contribution in [2.75, 3.05) is 7.11 Å². The molecule has 0 saturated carbocycles. The molecule has 0 bridgehead atoms. The molecule has 3 rings (SSSR count). The van der Waals surface area contributed by atoms with Crippen molar-refractivity contribution in [1.82, 2.24) is 15.0 Å². The number of hydrogen-bond donors (Lipinski definition) is 0. The second-order valence-electron chi connectivity index (χ2n) is 5.16. The summed E-state index contributed by atoms with van der Waals surface area (Å²) in [6, 6.07) is 12.3. The molecule has 0 aliphatic heterocycles. The number of ether oxygens (including phenoxy) is 1. The van der Waals surface area contributed by atoms with E-state index in [1.807, 2.05) is 23.0 Å². The standard InChI is InChI=1S/C17H19N3O/c1-3-4-5-15-12-20(19-18-15)16-8-6-14-11-17(21-2)9-7-13(14)10-16/h6-12H,3-5H2,1-2H3. The van der Waals surface area contributed by atoms with Gasteiger partial charge in [-0.2, -0.15) is 0 Å². The summed E-state index contributed by atoms with van der Waals surface area (Å²) in [7, 11) is 1.68. The van der Waals surface area contributed by atoms with E-state index in [0.717, 1.165) is 35.4 Å². The second-order valence-corrected chi connectivity index (χ2v) is 5.16. The molecule has 108 valence electrons. The van der Waals surface area contributed by atoms with Crippen LogP contribution < -0.4 is 4.74 Å². The summed E-state index contributed by atoms with van der Waals surface area (Å²) in [5.74, 6) is 0.873. The number of methoxy groups -OCH3 is 1. The number of aromatic nitrogens is 3. The van der Waals surface area contributed by atoms with Crippen molar-refractivity contribution in [1.29, 1.82) is 0 Å². The largest absolute Gasteiger partial charge is 0.497 e. The highest BCUT2D eigenvalue weighted by Gasteiger charge is 2.04. The van der Waals surface area contributed by atoms with E-state index >= 15 is 0 Å². The number of benzene rings is 2. The smallest absolute Gasteiger partial charge is 0.119 e. The Kier molecular flexibility index (Phi) is 3.86. The maximum Gasteiger partial charge on any atom is 0.119 e. The van der Waals surface area contributed by atoms with Crippen LogP contribution in [-0.2, 0) is 6.42 Å². The van der Waals surface area contributed by atoms with Crippen LogP contribution in [0.25, 0.3) is 16.5 Å². The van der Waals surface area contributed by atoms with E-state index in [2.05, 4.69) is 41.5 Å². The first-order chi connectivity index (χ1) is 10.3. The van der Waals surface area contributed by atoms with Crippen molar-refractivity contribution < 1.29 is 4.74 Å². The van der Waals surface area contributed by atoms with Gasteiger partial charge in [0.05, 0.1) is 24.7 Å². The molecule has 0 N–H and O–H groups in total. The van der Waals surface area contributed by atoms with Crippen molar-refractivity contribution in [2.45, 2.75) is 26.2 Å². The SMILES string of the molecule is CCCCc1cn(-c2ccc3cc(OC)ccc3c2)nn1. The summed E-state index contributed by atoms with van der Waals surface area (Å²) >= 11 is 0. The van der Waals surface area contributed by atoms with Crippen LogP contribution >= 0.6 is 0 Å². The Hall–Kier alpha value is -2.36. The molecule has 1 heterocycles. The molecule has 0 radical (unpaired) electrons. The summed E-state index contributed by atoms with van der Waals surface area (Å²) < 4.78 is 7.09. The molecule has 2 aromatic carbocycles. The van der Waals surface area contributed by atoms with E-state index in [9.17, 15) is 0 Å². The van der Waals surface area contributed by atoms with E-state index in [1.54, 1.807) is 7.11 Å². The molecule has 0 unspecified atom stereocenters. The van der Waals surface area contributed by atoms with Crippen molar-refractivity contribution in [3.05, 3.63) is 48.3 Å². The van der Waals surface area contributed by atoms with Crippen LogP contribution in [0, 0.1) is 0 Å². The molecule has 1 aromatic heterocycles. The third-order valence-electron chi connectivity index (χ3n) is 3.62. The van der Waals surface area contributed by atoms with Gasteiger partial charge in [-0.1, -0.05) is 30.7 Å². The minimum atomic E-state index is 0.873. The van der Waals surface area contributed by atoms with Crippen molar-refractivity contribution >= 4 is 10.8 Å². The summed E-state index contributed by atoms with van der Waals surface area (Å²) in [6.07, 6.45) is 5.32. The van der Waals surface area contributed by atoms with Crippen LogP contribution in [-0.4, -0.2) is 22.1 Å². The zero-order valence-electron chi connectivity index (χ0n) is 12.4. The minimum absolute atomic E-state index is 0.873. The summed E-state index contributed by atoms with van der Waals surface area (Å²) in [5, 5.41) is 10.8. The van der Waals surface area contributed by atoms with Crippen molar-refractivity contribution in [3.63, 3.8) is 0 Å². The molecular formula is C17H19N3O.